The van der Waals surface area contributed by atoms with Crippen LogP contribution in [0.3, 0.4) is 0 Å². The SMILES string of the molecule is CSCCCl.CSCCOc1cccc2c1nnn2-c1ccnc(SC)n1.CSc1nccc(-n2nnc3c(O)cccc32)n1. The Labute approximate surface area is 282 Å². The number of aromatic hydroxyl groups is 1. The van der Waals surface area contributed by atoms with Crippen molar-refractivity contribution >= 4 is 80.7 Å². The highest BCUT2D eigenvalue weighted by Crippen LogP contribution is 2.26. The molecule has 0 aliphatic carbocycles. The lowest BCUT2D eigenvalue weighted by atomic mass is 10.3. The summed E-state index contributed by atoms with van der Waals surface area (Å²) < 4.78 is 9.07. The maximum absolute atomic E-state index is 9.68. The monoisotopic (exact) mass is 702 g/mol. The van der Waals surface area contributed by atoms with E-state index in [-0.39, 0.29) is 5.75 Å². The molecule has 0 saturated carbocycles. The zero-order valence-electron chi connectivity index (χ0n) is 24.9. The van der Waals surface area contributed by atoms with Gasteiger partial charge >= 0.3 is 0 Å². The third-order valence-electron chi connectivity index (χ3n) is 5.76. The molecule has 0 saturated heterocycles. The molecule has 0 amide bonds. The van der Waals surface area contributed by atoms with Gasteiger partial charge in [-0.15, -0.1) is 21.8 Å². The molecule has 0 unspecified atom stereocenters. The number of nitrogens with zero attached hydrogens (tertiary/aromatic N) is 10. The Hall–Kier alpha value is -3.31. The van der Waals surface area contributed by atoms with E-state index in [1.165, 1.54) is 23.5 Å². The van der Waals surface area contributed by atoms with E-state index in [1.54, 1.807) is 63.5 Å². The lowest BCUT2D eigenvalue weighted by Gasteiger charge is -2.06. The van der Waals surface area contributed by atoms with Gasteiger partial charge in [0.05, 0.1) is 6.61 Å². The minimum Gasteiger partial charge on any atom is -0.506 e. The molecule has 236 valence electrons. The summed E-state index contributed by atoms with van der Waals surface area (Å²) >= 11 is 11.7. The minimum atomic E-state index is 0.109. The standard InChI is InChI=1S/C14H15N5OS2.C11H9N5OS.C3H7ClS/c1-21-9-8-20-11-5-3-4-10-13(11)17-18-19(10)12-6-7-15-14(16-12)22-2;1-18-11-12-6-5-9(13-11)16-7-3-2-4-8(17)10(7)14-15-16;1-5-3-2-4/h3-7H,8-9H2,1-2H3;2-6,17H,1H3;2-3H2,1H3. The Morgan fingerprint density at radius 1 is 0.733 bits per heavy atom. The van der Waals surface area contributed by atoms with Crippen LogP contribution < -0.4 is 4.74 Å². The first kappa shape index (κ1) is 34.6. The number of alkyl halides is 1. The number of hydrogen-bond donors (Lipinski definition) is 1. The van der Waals surface area contributed by atoms with Crippen LogP contribution in [-0.2, 0) is 0 Å². The Balaban J connectivity index is 0.000000181. The van der Waals surface area contributed by atoms with Crippen LogP contribution in [0.25, 0.3) is 33.7 Å². The summed E-state index contributed by atoms with van der Waals surface area (Å²) in [5.41, 5.74) is 2.78. The van der Waals surface area contributed by atoms with Gasteiger partial charge in [0.2, 0.25) is 0 Å². The highest BCUT2D eigenvalue weighted by atomic mass is 35.5. The molecule has 4 aromatic heterocycles. The van der Waals surface area contributed by atoms with Crippen LogP contribution in [0.4, 0.5) is 0 Å². The van der Waals surface area contributed by atoms with Crippen LogP contribution >= 0.6 is 58.6 Å². The molecule has 6 aromatic rings. The average molecular weight is 703 g/mol. The topological polar surface area (TPSA) is 142 Å². The van der Waals surface area contributed by atoms with E-state index in [9.17, 15) is 5.11 Å². The number of ether oxygens (including phenoxy) is 1. The molecular weight excluding hydrogens is 672 g/mol. The van der Waals surface area contributed by atoms with E-state index in [0.717, 1.165) is 34.2 Å². The van der Waals surface area contributed by atoms with Gasteiger partial charge in [-0.1, -0.05) is 46.1 Å². The zero-order chi connectivity index (χ0) is 32.0. The van der Waals surface area contributed by atoms with E-state index in [0.29, 0.717) is 39.6 Å². The number of benzene rings is 2. The van der Waals surface area contributed by atoms with Crippen molar-refractivity contribution in [1.29, 1.82) is 0 Å². The fourth-order valence-electron chi connectivity index (χ4n) is 3.71. The second-order valence-electron chi connectivity index (χ2n) is 8.60. The van der Waals surface area contributed by atoms with Gasteiger partial charge in [0.25, 0.3) is 0 Å². The van der Waals surface area contributed by atoms with Crippen LogP contribution in [-0.4, -0.2) is 104 Å². The Bertz CT molecular complexity index is 1800. The van der Waals surface area contributed by atoms with Crippen LogP contribution in [0, 0.1) is 0 Å². The van der Waals surface area contributed by atoms with Crippen molar-refractivity contribution in [2.45, 2.75) is 10.3 Å². The third kappa shape index (κ3) is 9.13. The van der Waals surface area contributed by atoms with Crippen LogP contribution in [0.1, 0.15) is 0 Å². The van der Waals surface area contributed by atoms with Crippen molar-refractivity contribution in [3.63, 3.8) is 0 Å². The molecule has 4 heterocycles. The number of halogens is 1. The summed E-state index contributed by atoms with van der Waals surface area (Å²) in [4.78, 5) is 17.1. The Morgan fingerprint density at radius 2 is 1.29 bits per heavy atom. The van der Waals surface area contributed by atoms with Gasteiger partial charge in [0, 0.05) is 41.9 Å². The predicted molar refractivity (Wildman–Crippen MR) is 187 cm³/mol. The quantitative estimate of drug-likeness (QED) is 0.0783. The lowest BCUT2D eigenvalue weighted by molar-refractivity contribution is 0.347. The number of phenols is 1. The molecule has 0 spiro atoms. The molecule has 0 aliphatic rings. The Kier molecular flexibility index (Phi) is 13.8. The van der Waals surface area contributed by atoms with Crippen molar-refractivity contribution in [2.24, 2.45) is 0 Å². The van der Waals surface area contributed by atoms with E-state index in [2.05, 4.69) is 46.8 Å². The summed E-state index contributed by atoms with van der Waals surface area (Å²) in [6.45, 7) is 0.650. The van der Waals surface area contributed by atoms with Crippen molar-refractivity contribution in [2.75, 3.05) is 49.0 Å². The van der Waals surface area contributed by atoms with Gasteiger partial charge < -0.3 is 9.84 Å². The maximum Gasteiger partial charge on any atom is 0.189 e. The van der Waals surface area contributed by atoms with Gasteiger partial charge in [-0.2, -0.15) is 32.9 Å². The second-order valence-corrected chi connectivity index (χ2v) is 12.5. The molecule has 0 fully saturated rings. The summed E-state index contributed by atoms with van der Waals surface area (Å²) in [5, 5.41) is 27.5. The molecule has 0 aliphatic heterocycles. The highest BCUT2D eigenvalue weighted by molar-refractivity contribution is 7.99. The van der Waals surface area contributed by atoms with Crippen molar-refractivity contribution in [3.05, 3.63) is 60.9 Å². The molecule has 45 heavy (non-hydrogen) atoms. The molecule has 0 atom stereocenters. The van der Waals surface area contributed by atoms with Crippen LogP contribution in [0.15, 0.2) is 71.2 Å². The molecule has 1 N–H and O–H groups in total. The first-order valence-electron chi connectivity index (χ1n) is 13.3. The number of phenolic OH excluding ortho intramolecular Hbond substituents is 1. The second kappa shape index (κ2) is 18.0. The number of hydrogen-bond acceptors (Lipinski definition) is 14. The molecule has 2 aromatic carbocycles. The van der Waals surface area contributed by atoms with E-state index in [1.807, 2.05) is 49.1 Å². The normalized spacial score (nSPS) is 10.7. The van der Waals surface area contributed by atoms with E-state index >= 15 is 0 Å². The highest BCUT2D eigenvalue weighted by Gasteiger charge is 2.13. The molecule has 12 nitrogen and oxygen atoms in total. The minimum absolute atomic E-state index is 0.109. The van der Waals surface area contributed by atoms with Gasteiger partial charge in [-0.05, 0) is 49.3 Å². The summed E-state index contributed by atoms with van der Waals surface area (Å²) in [6, 6.07) is 14.5. The van der Waals surface area contributed by atoms with Crippen LogP contribution in [0.2, 0.25) is 0 Å². The zero-order valence-corrected chi connectivity index (χ0v) is 29.0. The maximum atomic E-state index is 9.68. The van der Waals surface area contributed by atoms with Crippen molar-refractivity contribution < 1.29 is 9.84 Å². The first-order chi connectivity index (χ1) is 22.0. The van der Waals surface area contributed by atoms with Crippen LogP contribution in [0.5, 0.6) is 11.5 Å². The smallest absolute Gasteiger partial charge is 0.189 e. The largest absolute Gasteiger partial charge is 0.506 e. The first-order valence-corrected chi connectivity index (χ1v) is 19.1. The van der Waals surface area contributed by atoms with Gasteiger partial charge in [-0.3, -0.25) is 0 Å². The summed E-state index contributed by atoms with van der Waals surface area (Å²) in [7, 11) is 0. The molecule has 6 rings (SSSR count). The van der Waals surface area contributed by atoms with E-state index < -0.39 is 0 Å². The molecular formula is C28H31ClN10O2S4. The number of aromatic nitrogens is 10. The van der Waals surface area contributed by atoms with E-state index in [4.69, 9.17) is 16.3 Å². The molecule has 17 heteroatoms. The molecule has 0 radical (unpaired) electrons. The van der Waals surface area contributed by atoms with Crippen molar-refractivity contribution in [1.82, 2.24) is 49.9 Å². The Morgan fingerprint density at radius 3 is 1.82 bits per heavy atom. The molecule has 0 bridgehead atoms. The lowest BCUT2D eigenvalue weighted by Crippen LogP contribution is -2.02. The average Bonchev–Trinajstić information content (AvgIpc) is 3.72. The van der Waals surface area contributed by atoms with Gasteiger partial charge in [0.15, 0.2) is 33.0 Å². The van der Waals surface area contributed by atoms with Gasteiger partial charge in [-0.25, -0.2) is 19.9 Å². The summed E-state index contributed by atoms with van der Waals surface area (Å²) in [6.07, 6.45) is 11.3. The summed E-state index contributed by atoms with van der Waals surface area (Å²) in [5.74, 6) is 4.97. The fourth-order valence-corrected chi connectivity index (χ4v) is 5.28. The fraction of sp³-hybridized carbons (Fsp3) is 0.286. The predicted octanol–water partition coefficient (Wildman–Crippen LogP) is 5.90. The number of thioether (sulfide) groups is 4. The number of rotatable bonds is 10. The van der Waals surface area contributed by atoms with Gasteiger partial charge in [0.1, 0.15) is 22.5 Å². The van der Waals surface area contributed by atoms with Crippen molar-refractivity contribution in [3.8, 4) is 23.1 Å². The third-order valence-corrected chi connectivity index (χ3v) is 8.48. The number of fused-ring (bicyclic) bond motifs is 2.